The number of rotatable bonds is 5. The van der Waals surface area contributed by atoms with Crippen molar-refractivity contribution >= 4 is 44.3 Å². The van der Waals surface area contributed by atoms with Crippen LogP contribution in [0.1, 0.15) is 17.4 Å². The van der Waals surface area contributed by atoms with E-state index in [-0.39, 0.29) is 22.0 Å². The fourth-order valence-electron chi connectivity index (χ4n) is 2.72. The molecule has 0 aliphatic heterocycles. The van der Waals surface area contributed by atoms with Crippen LogP contribution >= 0.6 is 11.8 Å². The quantitative estimate of drug-likeness (QED) is 0.450. The number of benzene rings is 2. The van der Waals surface area contributed by atoms with Crippen molar-refractivity contribution in [1.29, 1.82) is 0 Å². The zero-order chi connectivity index (χ0) is 21.4. The molecule has 0 aliphatic carbocycles. The van der Waals surface area contributed by atoms with Gasteiger partial charge in [-0.25, -0.2) is 12.4 Å². The van der Waals surface area contributed by atoms with Crippen LogP contribution in [0.3, 0.4) is 0 Å². The van der Waals surface area contributed by atoms with Crippen LogP contribution in [-0.2, 0) is 10.0 Å². The Bertz CT molecular complexity index is 1190. The van der Waals surface area contributed by atoms with Gasteiger partial charge in [0.1, 0.15) is 11.4 Å². The fraction of sp³-hybridized carbons (Fsp3) is 0.167. The van der Waals surface area contributed by atoms with E-state index in [1.807, 2.05) is 0 Å². The summed E-state index contributed by atoms with van der Waals surface area (Å²) >= 11 is -0.402. The average molecular weight is 444 g/mol. The maximum atomic E-state index is 12.8. The molecule has 0 spiro atoms. The molecule has 3 aromatic rings. The Hall–Kier alpha value is -2.66. The van der Waals surface area contributed by atoms with Gasteiger partial charge in [0.25, 0.3) is 5.91 Å². The Morgan fingerprint density at radius 3 is 2.52 bits per heavy atom. The highest BCUT2D eigenvalue weighted by Crippen LogP contribution is 2.39. The second-order valence-electron chi connectivity index (χ2n) is 5.93. The van der Waals surface area contributed by atoms with Crippen molar-refractivity contribution in [1.82, 2.24) is 3.97 Å². The van der Waals surface area contributed by atoms with E-state index >= 15 is 0 Å². The number of phenolic OH excluding ortho intramolecular Hbond substituents is 1. The lowest BCUT2D eigenvalue weighted by Crippen LogP contribution is -2.23. The highest BCUT2D eigenvalue weighted by Gasteiger charge is 2.30. The maximum absolute atomic E-state index is 12.8. The minimum absolute atomic E-state index is 0.221. The van der Waals surface area contributed by atoms with Gasteiger partial charge in [-0.3, -0.25) is 4.79 Å². The first-order valence-corrected chi connectivity index (χ1v) is 10.7. The van der Waals surface area contributed by atoms with Gasteiger partial charge in [0.15, 0.2) is 0 Å². The number of carbonyl (C=O) groups excluding carboxylic acids is 1. The predicted molar refractivity (Wildman–Crippen MR) is 105 cm³/mol. The molecule has 2 N–H and O–H groups in total. The van der Waals surface area contributed by atoms with Gasteiger partial charge in [-0.05, 0) is 49.0 Å². The van der Waals surface area contributed by atoms with Crippen LogP contribution in [0.5, 0.6) is 5.75 Å². The summed E-state index contributed by atoms with van der Waals surface area (Å²) in [6, 6.07) is 10.9. The highest BCUT2D eigenvalue weighted by atomic mass is 32.2. The molecule has 0 saturated carbocycles. The van der Waals surface area contributed by atoms with E-state index < -0.39 is 39.0 Å². The number of hydrogen-bond acceptors (Lipinski definition) is 5. The van der Waals surface area contributed by atoms with Gasteiger partial charge in [0.05, 0.1) is 17.0 Å². The van der Waals surface area contributed by atoms with Crippen LogP contribution in [0.2, 0.25) is 0 Å². The van der Waals surface area contributed by atoms with E-state index in [1.54, 1.807) is 18.2 Å². The summed E-state index contributed by atoms with van der Waals surface area (Å²) < 4.78 is 63.7. The molecule has 0 atom stereocenters. The third kappa shape index (κ3) is 4.51. The molecule has 0 radical (unpaired) electrons. The third-order valence-corrected chi connectivity index (χ3v) is 6.39. The van der Waals surface area contributed by atoms with E-state index in [4.69, 9.17) is 0 Å². The minimum Gasteiger partial charge on any atom is -0.506 e. The molecule has 6 nitrogen and oxygen atoms in total. The lowest BCUT2D eigenvalue weighted by molar-refractivity contribution is -0.0328. The van der Waals surface area contributed by atoms with Crippen molar-refractivity contribution in [2.75, 3.05) is 11.1 Å². The number of carbonyl (C=O) groups is 1. The van der Waals surface area contributed by atoms with E-state index in [0.29, 0.717) is 10.9 Å². The zero-order valence-electron chi connectivity index (χ0n) is 14.9. The number of para-hydroxylation sites is 1. The number of alkyl halides is 3. The number of anilines is 1. The summed E-state index contributed by atoms with van der Waals surface area (Å²) in [4.78, 5) is 12.5. The molecular formula is C18H15F3N2O4S2. The van der Waals surface area contributed by atoms with Gasteiger partial charge in [-0.15, -0.1) is 0 Å². The molecule has 29 heavy (non-hydrogen) atoms. The monoisotopic (exact) mass is 444 g/mol. The number of halogens is 3. The number of fused-ring (bicyclic) bond motifs is 1. The number of thioether (sulfide) groups is 1. The maximum Gasteiger partial charge on any atom is 0.446 e. The van der Waals surface area contributed by atoms with Gasteiger partial charge >= 0.3 is 5.51 Å². The van der Waals surface area contributed by atoms with E-state index in [9.17, 15) is 31.5 Å². The summed E-state index contributed by atoms with van der Waals surface area (Å²) in [5, 5.41) is 12.7. The Morgan fingerprint density at radius 1 is 1.17 bits per heavy atom. The standard InChI is InChI=1S/C18H15F3N2O4S2/c1-2-29(26,27)23-14-6-4-3-5-11(14)9-15(23)17(25)22-13-10-12(7-8-16(13)24)28-18(19,20)21/h3-10,24H,2H2,1H3,(H,22,25). The number of hydrogen-bond donors (Lipinski definition) is 2. The molecule has 2 aromatic carbocycles. The SMILES string of the molecule is CCS(=O)(=O)n1c(C(=O)Nc2cc(SC(F)(F)F)ccc2O)cc2ccccc21. The van der Waals surface area contributed by atoms with Crippen molar-refractivity contribution in [2.24, 2.45) is 0 Å². The Labute approximate surface area is 168 Å². The van der Waals surface area contributed by atoms with Crippen molar-refractivity contribution in [2.45, 2.75) is 17.3 Å². The first kappa shape index (κ1) is 21.1. The topological polar surface area (TPSA) is 88.4 Å². The molecule has 154 valence electrons. The summed E-state index contributed by atoms with van der Waals surface area (Å²) in [6.45, 7) is 1.43. The van der Waals surface area contributed by atoms with Crippen molar-refractivity contribution in [3.63, 3.8) is 0 Å². The molecule has 1 amide bonds. The number of nitrogens with one attached hydrogen (secondary N) is 1. The molecule has 1 aromatic heterocycles. The zero-order valence-corrected chi connectivity index (χ0v) is 16.5. The second kappa shape index (κ2) is 7.64. The number of phenols is 1. The molecule has 0 aliphatic rings. The highest BCUT2D eigenvalue weighted by molar-refractivity contribution is 8.00. The van der Waals surface area contributed by atoms with E-state index in [0.717, 1.165) is 22.2 Å². The minimum atomic E-state index is -4.54. The Morgan fingerprint density at radius 2 is 1.86 bits per heavy atom. The molecule has 3 rings (SSSR count). The summed E-state index contributed by atoms with van der Waals surface area (Å²) in [5.74, 6) is -1.61. The molecule has 0 fully saturated rings. The van der Waals surface area contributed by atoms with Crippen LogP contribution < -0.4 is 5.32 Å². The van der Waals surface area contributed by atoms with Crippen LogP contribution in [0.25, 0.3) is 10.9 Å². The largest absolute Gasteiger partial charge is 0.506 e. The smallest absolute Gasteiger partial charge is 0.446 e. The van der Waals surface area contributed by atoms with Crippen LogP contribution in [0.15, 0.2) is 53.4 Å². The molecule has 1 heterocycles. The van der Waals surface area contributed by atoms with Gasteiger partial charge < -0.3 is 10.4 Å². The molecule has 0 bridgehead atoms. The fourth-order valence-corrected chi connectivity index (χ4v) is 4.46. The third-order valence-electron chi connectivity index (χ3n) is 3.99. The number of amides is 1. The molecule has 11 heteroatoms. The van der Waals surface area contributed by atoms with Gasteiger partial charge in [-0.2, -0.15) is 13.2 Å². The second-order valence-corrected chi connectivity index (χ2v) is 9.18. The normalized spacial score (nSPS) is 12.3. The number of aromatic hydroxyl groups is 1. The Kier molecular flexibility index (Phi) is 5.54. The van der Waals surface area contributed by atoms with Crippen molar-refractivity contribution in [3.8, 4) is 5.75 Å². The van der Waals surface area contributed by atoms with E-state index in [1.165, 1.54) is 19.1 Å². The summed E-state index contributed by atoms with van der Waals surface area (Å²) in [6.07, 6.45) is 0. The van der Waals surface area contributed by atoms with Crippen molar-refractivity contribution in [3.05, 3.63) is 54.2 Å². The average Bonchev–Trinajstić information content (AvgIpc) is 3.04. The lowest BCUT2D eigenvalue weighted by atomic mass is 10.2. The number of aromatic nitrogens is 1. The van der Waals surface area contributed by atoms with Crippen LogP contribution in [0, 0.1) is 0 Å². The van der Waals surface area contributed by atoms with E-state index in [2.05, 4.69) is 5.32 Å². The lowest BCUT2D eigenvalue weighted by Gasteiger charge is -2.13. The van der Waals surface area contributed by atoms with Gasteiger partial charge in [0, 0.05) is 10.3 Å². The summed E-state index contributed by atoms with van der Waals surface area (Å²) in [5.41, 5.74) is -4.73. The van der Waals surface area contributed by atoms with Gasteiger partial charge in [0.2, 0.25) is 10.0 Å². The van der Waals surface area contributed by atoms with Crippen LogP contribution in [-0.4, -0.2) is 34.7 Å². The number of nitrogens with zero attached hydrogens (tertiary/aromatic N) is 1. The molecule has 0 saturated heterocycles. The predicted octanol–water partition coefficient (Wildman–Crippen LogP) is 4.41. The molecular weight excluding hydrogens is 429 g/mol. The van der Waals surface area contributed by atoms with Crippen LogP contribution in [0.4, 0.5) is 18.9 Å². The Balaban J connectivity index is 2.04. The first-order chi connectivity index (χ1) is 13.5. The first-order valence-electron chi connectivity index (χ1n) is 8.25. The van der Waals surface area contributed by atoms with Crippen molar-refractivity contribution < 1.29 is 31.5 Å². The molecule has 0 unspecified atom stereocenters. The van der Waals surface area contributed by atoms with Gasteiger partial charge in [-0.1, -0.05) is 18.2 Å². The summed E-state index contributed by atoms with van der Waals surface area (Å²) in [7, 11) is -3.85.